The average molecular weight is 356 g/mol. The highest BCUT2D eigenvalue weighted by Crippen LogP contribution is 2.36. The van der Waals surface area contributed by atoms with Gasteiger partial charge in [0.15, 0.2) is 23.2 Å². The lowest BCUT2D eigenvalue weighted by atomic mass is 10.0. The molecule has 1 fully saturated rings. The molecule has 1 aliphatic heterocycles. The van der Waals surface area contributed by atoms with Gasteiger partial charge in [-0.3, -0.25) is 4.57 Å². The van der Waals surface area contributed by atoms with Crippen molar-refractivity contribution in [1.29, 1.82) is 0 Å². The topological polar surface area (TPSA) is 131 Å². The van der Waals surface area contributed by atoms with Gasteiger partial charge in [-0.1, -0.05) is 30.3 Å². The number of benzene rings is 1. The van der Waals surface area contributed by atoms with E-state index < -0.39 is 17.9 Å². The van der Waals surface area contributed by atoms with Crippen LogP contribution in [-0.2, 0) is 11.3 Å². The minimum absolute atomic E-state index is 0.0248. The molecule has 136 valence electrons. The van der Waals surface area contributed by atoms with Gasteiger partial charge in [0.25, 0.3) is 0 Å². The van der Waals surface area contributed by atoms with Crippen molar-refractivity contribution in [1.82, 2.24) is 19.5 Å². The van der Waals surface area contributed by atoms with Crippen LogP contribution in [0.2, 0.25) is 0 Å². The molecule has 0 spiro atoms. The normalized spacial score (nSPS) is 25.7. The minimum atomic E-state index is -1.47. The predicted octanol–water partition coefficient (Wildman–Crippen LogP) is 0.661. The van der Waals surface area contributed by atoms with Gasteiger partial charge in [-0.05, 0) is 12.5 Å². The Morgan fingerprint density at radius 1 is 1.35 bits per heavy atom. The first kappa shape index (κ1) is 16.7. The van der Waals surface area contributed by atoms with E-state index in [4.69, 9.17) is 10.5 Å². The number of nitrogens with one attached hydrogen (secondary N) is 1. The van der Waals surface area contributed by atoms with Crippen LogP contribution in [0.15, 0.2) is 36.7 Å². The summed E-state index contributed by atoms with van der Waals surface area (Å²) < 4.78 is 7.11. The summed E-state index contributed by atoms with van der Waals surface area (Å²) in [6, 6.07) is 9.87. The van der Waals surface area contributed by atoms with Crippen molar-refractivity contribution in [3.8, 4) is 0 Å². The zero-order chi connectivity index (χ0) is 18.3. The number of hydrogen-bond donors (Lipinski definition) is 4. The molecule has 1 saturated heterocycles. The molecule has 1 aromatic carbocycles. The Kier molecular flexibility index (Phi) is 3.98. The second kappa shape index (κ2) is 6.20. The lowest BCUT2D eigenvalue weighted by Crippen LogP contribution is -2.41. The van der Waals surface area contributed by atoms with Crippen LogP contribution in [0.3, 0.4) is 0 Å². The minimum Gasteiger partial charge on any atom is -0.388 e. The maximum absolute atomic E-state index is 10.5. The Balaban J connectivity index is 1.69. The van der Waals surface area contributed by atoms with E-state index in [0.29, 0.717) is 23.5 Å². The van der Waals surface area contributed by atoms with E-state index >= 15 is 0 Å². The highest BCUT2D eigenvalue weighted by molar-refractivity contribution is 5.84. The number of rotatable bonds is 4. The predicted molar refractivity (Wildman–Crippen MR) is 95.1 cm³/mol. The lowest BCUT2D eigenvalue weighted by molar-refractivity contribution is -0.0924. The van der Waals surface area contributed by atoms with Crippen LogP contribution in [-0.4, -0.2) is 48.0 Å². The van der Waals surface area contributed by atoms with Gasteiger partial charge < -0.3 is 26.0 Å². The number of nitrogen functional groups attached to an aromatic ring is 1. The Bertz CT molecular complexity index is 927. The molecular formula is C17H20N6O3. The third kappa shape index (κ3) is 2.75. The van der Waals surface area contributed by atoms with E-state index in [0.717, 1.165) is 5.56 Å². The van der Waals surface area contributed by atoms with Gasteiger partial charge in [0.2, 0.25) is 5.95 Å². The number of nitrogens with two attached hydrogens (primary N) is 1. The second-order valence-electron chi connectivity index (χ2n) is 6.52. The highest BCUT2D eigenvalue weighted by Gasteiger charge is 2.47. The van der Waals surface area contributed by atoms with Crippen molar-refractivity contribution < 1.29 is 14.9 Å². The molecule has 3 unspecified atom stereocenters. The Labute approximate surface area is 149 Å². The molecule has 5 N–H and O–H groups in total. The Morgan fingerprint density at radius 2 is 2.12 bits per heavy atom. The molecule has 3 heterocycles. The smallest absolute Gasteiger partial charge is 0.224 e. The highest BCUT2D eigenvalue weighted by atomic mass is 16.5. The fourth-order valence-corrected chi connectivity index (χ4v) is 3.06. The van der Waals surface area contributed by atoms with Crippen LogP contribution in [0.5, 0.6) is 0 Å². The molecule has 3 atom stereocenters. The van der Waals surface area contributed by atoms with Gasteiger partial charge in [0.05, 0.1) is 12.9 Å². The molecule has 1 aliphatic rings. The fraction of sp³-hybridized carbons (Fsp3) is 0.353. The van der Waals surface area contributed by atoms with Gasteiger partial charge in [-0.25, -0.2) is 4.98 Å². The van der Waals surface area contributed by atoms with Crippen LogP contribution >= 0.6 is 0 Å². The maximum atomic E-state index is 10.5. The number of nitrogens with zero attached hydrogens (tertiary/aromatic N) is 4. The monoisotopic (exact) mass is 356 g/mol. The first-order valence-electron chi connectivity index (χ1n) is 8.26. The molecule has 3 aromatic rings. The Hall–Kier alpha value is -2.75. The fourth-order valence-electron chi connectivity index (χ4n) is 3.06. The van der Waals surface area contributed by atoms with Gasteiger partial charge in [-0.15, -0.1) is 0 Å². The maximum Gasteiger partial charge on any atom is 0.224 e. The van der Waals surface area contributed by atoms with E-state index in [1.807, 2.05) is 30.3 Å². The molecule has 0 bridgehead atoms. The van der Waals surface area contributed by atoms with E-state index in [2.05, 4.69) is 20.3 Å². The van der Waals surface area contributed by atoms with Crippen molar-refractivity contribution >= 4 is 22.9 Å². The molecule has 0 saturated carbocycles. The molecule has 9 nitrogen and oxygen atoms in total. The van der Waals surface area contributed by atoms with Gasteiger partial charge in [0.1, 0.15) is 11.7 Å². The van der Waals surface area contributed by atoms with E-state index in [-0.39, 0.29) is 12.6 Å². The van der Waals surface area contributed by atoms with Crippen molar-refractivity contribution in [2.45, 2.75) is 31.4 Å². The van der Waals surface area contributed by atoms with Crippen molar-refractivity contribution in [3.05, 3.63) is 42.2 Å². The van der Waals surface area contributed by atoms with Gasteiger partial charge in [-0.2, -0.15) is 9.97 Å². The largest absolute Gasteiger partial charge is 0.388 e. The first-order chi connectivity index (χ1) is 12.5. The number of ether oxygens (including phenoxy) is 1. The zero-order valence-corrected chi connectivity index (χ0v) is 14.2. The van der Waals surface area contributed by atoms with Gasteiger partial charge in [0, 0.05) is 6.54 Å². The number of imidazole rings is 1. The van der Waals surface area contributed by atoms with Crippen LogP contribution in [0, 0.1) is 0 Å². The number of fused-ring (bicyclic) bond motifs is 1. The van der Waals surface area contributed by atoms with Crippen LogP contribution in [0.1, 0.15) is 18.7 Å². The first-order valence-corrected chi connectivity index (χ1v) is 8.26. The molecule has 0 amide bonds. The summed E-state index contributed by atoms with van der Waals surface area (Å²) in [5.41, 5.74) is 6.41. The lowest BCUT2D eigenvalue weighted by Gasteiger charge is -2.27. The summed E-state index contributed by atoms with van der Waals surface area (Å²) in [5.74, 6) is 0.571. The second-order valence-corrected chi connectivity index (χ2v) is 6.52. The number of aliphatic hydroxyl groups excluding tert-OH is 1. The van der Waals surface area contributed by atoms with Crippen LogP contribution in [0.4, 0.5) is 11.8 Å². The number of hydrogen-bond acceptors (Lipinski definition) is 8. The van der Waals surface area contributed by atoms with Crippen LogP contribution in [0.25, 0.3) is 11.2 Å². The molecule has 9 heteroatoms. The zero-order valence-electron chi connectivity index (χ0n) is 14.2. The van der Waals surface area contributed by atoms with E-state index in [1.165, 1.54) is 13.3 Å². The van der Waals surface area contributed by atoms with E-state index in [1.54, 1.807) is 4.57 Å². The summed E-state index contributed by atoms with van der Waals surface area (Å²) in [6.07, 6.45) is -0.317. The SMILES string of the molecule is CC1(O)C(O)COC1n1cnc2c(NCc3ccccc3)nc(N)nc21. The van der Waals surface area contributed by atoms with E-state index in [9.17, 15) is 10.2 Å². The molecule has 0 radical (unpaired) electrons. The molecule has 4 rings (SSSR count). The molecule has 2 aromatic heterocycles. The van der Waals surface area contributed by atoms with Gasteiger partial charge >= 0.3 is 0 Å². The molecular weight excluding hydrogens is 336 g/mol. The summed E-state index contributed by atoms with van der Waals surface area (Å²) in [5, 5.41) is 23.7. The number of aromatic nitrogens is 4. The molecule has 0 aliphatic carbocycles. The number of aliphatic hydroxyl groups is 2. The van der Waals surface area contributed by atoms with Crippen molar-refractivity contribution in [3.63, 3.8) is 0 Å². The third-order valence-electron chi connectivity index (χ3n) is 4.58. The summed E-state index contributed by atoms with van der Waals surface area (Å²) in [6.45, 7) is 2.09. The van der Waals surface area contributed by atoms with Crippen molar-refractivity contribution in [2.75, 3.05) is 17.7 Å². The average Bonchev–Trinajstić information content (AvgIpc) is 3.14. The summed E-state index contributed by atoms with van der Waals surface area (Å²) in [4.78, 5) is 12.8. The molecule has 26 heavy (non-hydrogen) atoms. The Morgan fingerprint density at radius 3 is 2.81 bits per heavy atom. The summed E-state index contributed by atoms with van der Waals surface area (Å²) >= 11 is 0. The quantitative estimate of drug-likeness (QED) is 0.536. The number of anilines is 2. The summed E-state index contributed by atoms with van der Waals surface area (Å²) in [7, 11) is 0. The van der Waals surface area contributed by atoms with Crippen molar-refractivity contribution in [2.24, 2.45) is 0 Å². The van der Waals surface area contributed by atoms with Crippen LogP contribution < -0.4 is 11.1 Å². The standard InChI is InChI=1S/C17H20N6O3/c1-17(25)11(24)8-26-15(17)23-9-20-12-13(21-16(18)22-14(12)23)19-7-10-5-3-2-4-6-10/h2-6,9,11,15,24-25H,7-8H2,1H3,(H3,18,19,21,22). The third-order valence-corrected chi connectivity index (χ3v) is 4.58.